The van der Waals surface area contributed by atoms with Gasteiger partial charge in [0.15, 0.2) is 0 Å². The topological polar surface area (TPSA) is 49.9 Å². The van der Waals surface area contributed by atoms with E-state index in [9.17, 15) is 21.6 Å². The summed E-state index contributed by atoms with van der Waals surface area (Å²) in [5.41, 5.74) is 0.849. The van der Waals surface area contributed by atoms with Gasteiger partial charge in [0, 0.05) is 32.6 Å². The highest BCUT2D eigenvalue weighted by molar-refractivity contribution is 7.89. The first-order valence-corrected chi connectivity index (χ1v) is 8.75. The lowest BCUT2D eigenvalue weighted by atomic mass is 10.2. The third-order valence-electron chi connectivity index (χ3n) is 4.03. The molecule has 23 heavy (non-hydrogen) atoms. The third-order valence-corrected chi connectivity index (χ3v) is 5.93. The molecule has 9 heteroatoms. The molecule has 0 amide bonds. The Labute approximate surface area is 132 Å². The summed E-state index contributed by atoms with van der Waals surface area (Å²) in [5.74, 6) is 0.693. The van der Waals surface area contributed by atoms with Crippen LogP contribution in [0.4, 0.5) is 13.2 Å². The van der Waals surface area contributed by atoms with E-state index < -0.39 is 22.7 Å². The van der Waals surface area contributed by atoms with Gasteiger partial charge in [-0.05, 0) is 23.8 Å². The average molecular weight is 350 g/mol. The minimum Gasteiger partial charge on any atom is -0.493 e. The second-order valence-electron chi connectivity index (χ2n) is 5.66. The lowest BCUT2D eigenvalue weighted by molar-refractivity contribution is -0.148. The summed E-state index contributed by atoms with van der Waals surface area (Å²) in [6.45, 7) is -0.191. The molecule has 2 aliphatic rings. The first-order chi connectivity index (χ1) is 10.8. The Balaban J connectivity index is 1.70. The molecule has 2 heterocycles. The van der Waals surface area contributed by atoms with Crippen LogP contribution < -0.4 is 4.74 Å². The summed E-state index contributed by atoms with van der Waals surface area (Å²) >= 11 is 0. The smallest absolute Gasteiger partial charge is 0.401 e. The maximum Gasteiger partial charge on any atom is 0.401 e. The first-order valence-electron chi connectivity index (χ1n) is 7.31. The van der Waals surface area contributed by atoms with Crippen LogP contribution in [0.15, 0.2) is 23.1 Å². The Morgan fingerprint density at radius 1 is 1.13 bits per heavy atom. The molecule has 1 fully saturated rings. The number of sulfonamides is 1. The largest absolute Gasteiger partial charge is 0.493 e. The number of hydrogen-bond acceptors (Lipinski definition) is 4. The summed E-state index contributed by atoms with van der Waals surface area (Å²) in [4.78, 5) is 1.40. The Morgan fingerprint density at radius 3 is 2.48 bits per heavy atom. The van der Waals surface area contributed by atoms with E-state index in [1.54, 1.807) is 12.1 Å². The zero-order valence-electron chi connectivity index (χ0n) is 12.3. The number of fused-ring (bicyclic) bond motifs is 1. The molecule has 128 valence electrons. The molecule has 0 saturated carbocycles. The van der Waals surface area contributed by atoms with Gasteiger partial charge in [-0.25, -0.2) is 8.42 Å². The third kappa shape index (κ3) is 3.61. The highest BCUT2D eigenvalue weighted by atomic mass is 32.2. The monoisotopic (exact) mass is 350 g/mol. The number of halogens is 3. The SMILES string of the molecule is O=S(=O)(c1ccc2c(c1)CCO2)N1CCN(CC(F)(F)F)CC1. The van der Waals surface area contributed by atoms with Crippen molar-refractivity contribution in [3.8, 4) is 5.75 Å². The van der Waals surface area contributed by atoms with Crippen molar-refractivity contribution in [3.63, 3.8) is 0 Å². The van der Waals surface area contributed by atoms with Gasteiger partial charge in [0.25, 0.3) is 0 Å². The van der Waals surface area contributed by atoms with E-state index in [4.69, 9.17) is 4.74 Å². The van der Waals surface area contributed by atoms with Gasteiger partial charge in [0.05, 0.1) is 18.0 Å². The van der Waals surface area contributed by atoms with Crippen LogP contribution in [0, 0.1) is 0 Å². The van der Waals surface area contributed by atoms with Gasteiger partial charge >= 0.3 is 6.18 Å². The number of hydrogen-bond donors (Lipinski definition) is 0. The van der Waals surface area contributed by atoms with Crippen molar-refractivity contribution in [2.75, 3.05) is 39.3 Å². The Kier molecular flexibility index (Phi) is 4.28. The Hall–Kier alpha value is -1.32. The quantitative estimate of drug-likeness (QED) is 0.829. The van der Waals surface area contributed by atoms with Crippen molar-refractivity contribution in [1.29, 1.82) is 0 Å². The average Bonchev–Trinajstić information content (AvgIpc) is 2.93. The lowest BCUT2D eigenvalue weighted by Gasteiger charge is -2.34. The highest BCUT2D eigenvalue weighted by Crippen LogP contribution is 2.29. The van der Waals surface area contributed by atoms with Crippen LogP contribution in [0.25, 0.3) is 0 Å². The van der Waals surface area contributed by atoms with Gasteiger partial charge in [0.2, 0.25) is 10.0 Å². The number of benzene rings is 1. The Bertz CT molecular complexity index is 683. The number of nitrogens with zero attached hydrogens (tertiary/aromatic N) is 2. The van der Waals surface area contributed by atoms with Crippen molar-refractivity contribution in [1.82, 2.24) is 9.21 Å². The van der Waals surface area contributed by atoms with E-state index in [1.165, 1.54) is 15.3 Å². The van der Waals surface area contributed by atoms with E-state index in [2.05, 4.69) is 0 Å². The molecule has 3 rings (SSSR count). The van der Waals surface area contributed by atoms with E-state index >= 15 is 0 Å². The van der Waals surface area contributed by atoms with Gasteiger partial charge in [0.1, 0.15) is 5.75 Å². The number of piperazine rings is 1. The van der Waals surface area contributed by atoms with E-state index in [0.29, 0.717) is 18.8 Å². The number of ether oxygens (including phenoxy) is 1. The predicted molar refractivity (Wildman–Crippen MR) is 76.9 cm³/mol. The zero-order valence-corrected chi connectivity index (χ0v) is 13.2. The van der Waals surface area contributed by atoms with Crippen LogP contribution in [0.5, 0.6) is 5.75 Å². The van der Waals surface area contributed by atoms with E-state index in [1.807, 2.05) is 0 Å². The van der Waals surface area contributed by atoms with Crippen LogP contribution in [-0.4, -0.2) is 63.1 Å². The molecule has 1 aromatic rings. The fourth-order valence-corrected chi connectivity index (χ4v) is 4.33. The van der Waals surface area contributed by atoms with Crippen molar-refractivity contribution in [2.24, 2.45) is 0 Å². The summed E-state index contributed by atoms with van der Waals surface area (Å²) < 4.78 is 69.0. The summed E-state index contributed by atoms with van der Waals surface area (Å²) in [7, 11) is -3.68. The van der Waals surface area contributed by atoms with E-state index in [-0.39, 0.29) is 31.1 Å². The second-order valence-corrected chi connectivity index (χ2v) is 7.60. The van der Waals surface area contributed by atoms with Crippen molar-refractivity contribution in [3.05, 3.63) is 23.8 Å². The molecule has 1 aromatic carbocycles. The highest BCUT2D eigenvalue weighted by Gasteiger charge is 2.35. The van der Waals surface area contributed by atoms with Crippen LogP contribution >= 0.6 is 0 Å². The molecule has 0 unspecified atom stereocenters. The fraction of sp³-hybridized carbons (Fsp3) is 0.571. The zero-order chi connectivity index (χ0) is 16.7. The minimum absolute atomic E-state index is 0.0615. The molecule has 0 atom stereocenters. The summed E-state index contributed by atoms with van der Waals surface area (Å²) in [5, 5.41) is 0. The van der Waals surface area contributed by atoms with Crippen molar-refractivity contribution in [2.45, 2.75) is 17.5 Å². The fourth-order valence-electron chi connectivity index (χ4n) is 2.85. The minimum atomic E-state index is -4.26. The maximum atomic E-state index is 12.6. The van der Waals surface area contributed by atoms with Gasteiger partial charge < -0.3 is 4.74 Å². The molecule has 0 N–H and O–H groups in total. The summed E-state index contributed by atoms with van der Waals surface area (Å²) in [6, 6.07) is 4.72. The standard InChI is InChI=1S/C14H17F3N2O3S/c15-14(16,17)10-18-4-6-19(7-5-18)23(20,21)12-1-2-13-11(9-12)3-8-22-13/h1-2,9H,3-8,10H2. The molecule has 0 radical (unpaired) electrons. The molecule has 0 spiro atoms. The molecule has 1 saturated heterocycles. The predicted octanol–water partition coefficient (Wildman–Crippen LogP) is 1.49. The molecule has 0 aromatic heterocycles. The molecule has 0 bridgehead atoms. The van der Waals surface area contributed by atoms with Crippen LogP contribution in [0.3, 0.4) is 0 Å². The van der Waals surface area contributed by atoms with Gasteiger partial charge in [-0.15, -0.1) is 0 Å². The number of alkyl halides is 3. The van der Waals surface area contributed by atoms with Gasteiger partial charge in [-0.2, -0.15) is 17.5 Å². The lowest BCUT2D eigenvalue weighted by Crippen LogP contribution is -2.50. The second kappa shape index (κ2) is 5.95. The Morgan fingerprint density at radius 2 is 1.83 bits per heavy atom. The molecule has 0 aliphatic carbocycles. The number of rotatable bonds is 3. The first kappa shape index (κ1) is 16.5. The molecule has 5 nitrogen and oxygen atoms in total. The van der Waals surface area contributed by atoms with Crippen LogP contribution in [-0.2, 0) is 16.4 Å². The van der Waals surface area contributed by atoms with E-state index in [0.717, 1.165) is 5.56 Å². The summed E-state index contributed by atoms with van der Waals surface area (Å²) in [6.07, 6.45) is -3.60. The molecular weight excluding hydrogens is 333 g/mol. The molecule has 2 aliphatic heterocycles. The van der Waals surface area contributed by atoms with Crippen molar-refractivity contribution >= 4 is 10.0 Å². The van der Waals surface area contributed by atoms with Crippen molar-refractivity contribution < 1.29 is 26.3 Å². The van der Waals surface area contributed by atoms with Gasteiger partial charge in [-0.3, -0.25) is 4.90 Å². The van der Waals surface area contributed by atoms with Gasteiger partial charge in [-0.1, -0.05) is 0 Å². The normalized spacial score (nSPS) is 20.3. The molecular formula is C14H17F3N2O3S. The maximum absolute atomic E-state index is 12.6. The van der Waals surface area contributed by atoms with Crippen LogP contribution in [0.2, 0.25) is 0 Å². The van der Waals surface area contributed by atoms with Crippen LogP contribution in [0.1, 0.15) is 5.56 Å².